The van der Waals surface area contributed by atoms with E-state index >= 15 is 0 Å². The Kier molecular flexibility index (Phi) is 39.8. The van der Waals surface area contributed by atoms with E-state index in [9.17, 15) is 45.3 Å². The highest BCUT2D eigenvalue weighted by atomic mass is 16.7. The largest absolute Gasteiger partial charge is 0.462 e. The minimum atomic E-state index is -1.78. The van der Waals surface area contributed by atoms with Gasteiger partial charge in [-0.15, -0.1) is 0 Å². The molecule has 15 nitrogen and oxygen atoms in total. The topological polar surface area (TPSA) is 231 Å². The fourth-order valence-corrected chi connectivity index (χ4v) is 8.65. The van der Waals surface area contributed by atoms with Gasteiger partial charge >= 0.3 is 11.9 Å². The highest BCUT2D eigenvalue weighted by Gasteiger charge is 2.47. The monoisotopic (exact) mass is 1020 g/mol. The molecule has 0 aromatic carbocycles. The lowest BCUT2D eigenvalue weighted by Gasteiger charge is -2.42. The third-order valence-corrected chi connectivity index (χ3v) is 13.3. The van der Waals surface area contributed by atoms with E-state index in [1.807, 2.05) is 12.2 Å². The number of hydrogen-bond acceptors (Lipinski definition) is 15. The molecule has 2 aliphatic heterocycles. The second kappa shape index (κ2) is 43.7. The number of unbranched alkanes of at least 4 members (excludes halogenated alkanes) is 22. The first-order valence-corrected chi connectivity index (χ1v) is 28.2. The van der Waals surface area contributed by atoms with Crippen LogP contribution in [0.3, 0.4) is 0 Å². The van der Waals surface area contributed by atoms with E-state index in [1.165, 1.54) is 116 Å². The maximum atomic E-state index is 13.0. The molecule has 5 unspecified atom stereocenters. The van der Waals surface area contributed by atoms with Crippen LogP contribution in [0, 0.1) is 0 Å². The summed E-state index contributed by atoms with van der Waals surface area (Å²) in [4.78, 5) is 25.8. The Bertz CT molecular complexity index is 1440. The van der Waals surface area contributed by atoms with Gasteiger partial charge in [0.15, 0.2) is 18.7 Å². The normalized spacial score (nSPS) is 25.3. The quantitative estimate of drug-likeness (QED) is 0.0171. The molecule has 0 amide bonds. The Morgan fingerprint density at radius 2 is 0.861 bits per heavy atom. The molecule has 0 saturated carbocycles. The number of rotatable bonds is 44. The molecule has 2 heterocycles. The van der Waals surface area contributed by atoms with Gasteiger partial charge in [-0.1, -0.05) is 178 Å². The molecule has 2 saturated heterocycles. The van der Waals surface area contributed by atoms with Crippen molar-refractivity contribution in [3.63, 3.8) is 0 Å². The summed E-state index contributed by atoms with van der Waals surface area (Å²) >= 11 is 0. The molecule has 72 heavy (non-hydrogen) atoms. The molecule has 0 spiro atoms. The van der Waals surface area contributed by atoms with Gasteiger partial charge in [0.2, 0.25) is 0 Å². The third-order valence-electron chi connectivity index (χ3n) is 13.3. The first-order chi connectivity index (χ1) is 35.0. The Morgan fingerprint density at radius 3 is 1.35 bits per heavy atom. The lowest BCUT2D eigenvalue weighted by Crippen LogP contribution is -2.61. The zero-order chi connectivity index (χ0) is 52.4. The molecule has 15 heteroatoms. The molecule has 0 aliphatic carbocycles. The summed E-state index contributed by atoms with van der Waals surface area (Å²) in [5.41, 5.74) is 0. The van der Waals surface area contributed by atoms with Crippen molar-refractivity contribution in [1.82, 2.24) is 0 Å². The van der Waals surface area contributed by atoms with Gasteiger partial charge in [0.05, 0.1) is 19.8 Å². The summed E-state index contributed by atoms with van der Waals surface area (Å²) in [6.45, 7) is 2.52. The highest BCUT2D eigenvalue weighted by molar-refractivity contribution is 5.70. The molecule has 2 fully saturated rings. The Balaban J connectivity index is 1.76. The maximum absolute atomic E-state index is 13.0. The number of carbonyl (C=O) groups excluding carboxylic acids is 2. The third kappa shape index (κ3) is 30.7. The van der Waals surface area contributed by atoms with Gasteiger partial charge in [-0.3, -0.25) is 9.59 Å². The van der Waals surface area contributed by atoms with Crippen molar-refractivity contribution < 1.29 is 73.8 Å². The minimum Gasteiger partial charge on any atom is -0.462 e. The molecule has 11 atom stereocenters. The molecule has 0 aromatic heterocycles. The van der Waals surface area contributed by atoms with Gasteiger partial charge in [0, 0.05) is 12.8 Å². The molecule has 0 radical (unpaired) electrons. The molecule has 2 aliphatic rings. The number of esters is 2. The van der Waals surface area contributed by atoms with Crippen molar-refractivity contribution in [1.29, 1.82) is 0 Å². The van der Waals surface area contributed by atoms with Crippen LogP contribution in [0.5, 0.6) is 0 Å². The van der Waals surface area contributed by atoms with Crippen molar-refractivity contribution in [3.8, 4) is 0 Å². The fraction of sp³-hybridized carbons (Fsp3) is 0.825. The van der Waals surface area contributed by atoms with Gasteiger partial charge < -0.3 is 64.2 Å². The van der Waals surface area contributed by atoms with E-state index in [1.54, 1.807) is 0 Å². The van der Waals surface area contributed by atoms with Crippen LogP contribution in [0.25, 0.3) is 0 Å². The smallest absolute Gasteiger partial charge is 0.306 e. The summed E-state index contributed by atoms with van der Waals surface area (Å²) < 4.78 is 33.5. The average Bonchev–Trinajstić information content (AvgIpc) is 3.37. The lowest BCUT2D eigenvalue weighted by atomic mass is 9.98. The molecule has 418 valence electrons. The lowest BCUT2D eigenvalue weighted by molar-refractivity contribution is -0.332. The fourth-order valence-electron chi connectivity index (χ4n) is 8.65. The Morgan fingerprint density at radius 1 is 0.444 bits per heavy atom. The van der Waals surface area contributed by atoms with Gasteiger partial charge in [0.1, 0.15) is 55.4 Å². The van der Waals surface area contributed by atoms with Gasteiger partial charge in [0.25, 0.3) is 0 Å². The van der Waals surface area contributed by atoms with E-state index in [0.29, 0.717) is 12.8 Å². The first-order valence-electron chi connectivity index (χ1n) is 28.2. The van der Waals surface area contributed by atoms with E-state index in [4.69, 9.17) is 28.4 Å². The minimum absolute atomic E-state index is 0.0566. The summed E-state index contributed by atoms with van der Waals surface area (Å²) in [7, 11) is 0. The summed E-state index contributed by atoms with van der Waals surface area (Å²) in [6, 6.07) is 0. The van der Waals surface area contributed by atoms with Crippen molar-refractivity contribution >= 4 is 11.9 Å². The molecule has 7 N–H and O–H groups in total. The summed E-state index contributed by atoms with van der Waals surface area (Å²) in [5.74, 6) is -1.01. The van der Waals surface area contributed by atoms with Crippen molar-refractivity contribution in [2.24, 2.45) is 0 Å². The highest BCUT2D eigenvalue weighted by Crippen LogP contribution is 2.26. The van der Waals surface area contributed by atoms with Crippen LogP contribution in [0.4, 0.5) is 0 Å². The van der Waals surface area contributed by atoms with Crippen molar-refractivity contribution in [3.05, 3.63) is 48.6 Å². The predicted octanol–water partition coefficient (Wildman–Crippen LogP) is 9.05. The van der Waals surface area contributed by atoms with Crippen LogP contribution in [-0.2, 0) is 38.0 Å². The first kappa shape index (κ1) is 65.6. The van der Waals surface area contributed by atoms with Crippen LogP contribution < -0.4 is 0 Å². The number of allylic oxidation sites excluding steroid dienone is 8. The zero-order valence-electron chi connectivity index (χ0n) is 44.4. The van der Waals surface area contributed by atoms with E-state index in [-0.39, 0.29) is 19.4 Å². The molecular formula is C57H100O15. The van der Waals surface area contributed by atoms with Gasteiger partial charge in [-0.05, 0) is 64.2 Å². The van der Waals surface area contributed by atoms with Crippen LogP contribution in [0.2, 0.25) is 0 Å². The zero-order valence-corrected chi connectivity index (χ0v) is 44.4. The van der Waals surface area contributed by atoms with E-state index in [2.05, 4.69) is 50.3 Å². The number of hydrogen-bond donors (Lipinski definition) is 7. The Hall–Kier alpha value is -2.54. The van der Waals surface area contributed by atoms with E-state index < -0.39 is 99.3 Å². The number of ether oxygens (including phenoxy) is 6. The average molecular weight is 1030 g/mol. The van der Waals surface area contributed by atoms with Crippen LogP contribution >= 0.6 is 0 Å². The predicted molar refractivity (Wildman–Crippen MR) is 280 cm³/mol. The van der Waals surface area contributed by atoms with E-state index in [0.717, 1.165) is 51.4 Å². The van der Waals surface area contributed by atoms with Crippen LogP contribution in [0.15, 0.2) is 48.6 Å². The second-order valence-corrected chi connectivity index (χ2v) is 19.8. The second-order valence-electron chi connectivity index (χ2n) is 19.8. The molecule has 0 bridgehead atoms. The SMILES string of the molecule is CCCCCCCC/C=C/C/C=C/CCC(=O)OC(COC(=O)CCCCCCCCC/C=C/C/C=C/CCCCCCCCCCC)CO[C@@H]1O[C@H](CO[C@@H]2O[C@H](CO)[C@H](O)C(O)C2O)[C@H](O)C(O)C1O. The summed E-state index contributed by atoms with van der Waals surface area (Å²) in [6.07, 6.45) is 33.0. The Labute approximate surface area is 433 Å². The van der Waals surface area contributed by atoms with Crippen molar-refractivity contribution in [2.75, 3.05) is 26.4 Å². The maximum Gasteiger partial charge on any atom is 0.306 e. The molecule has 0 aromatic rings. The van der Waals surface area contributed by atoms with Crippen LogP contribution in [0.1, 0.15) is 206 Å². The van der Waals surface area contributed by atoms with Crippen molar-refractivity contribution in [2.45, 2.75) is 274 Å². The van der Waals surface area contributed by atoms with Crippen LogP contribution in [-0.4, -0.2) is 142 Å². The standard InChI is InChI=1S/C57H100O15/c1-3-5-7-9-11-13-15-17-18-19-20-21-22-23-24-25-26-28-29-31-33-35-37-39-48(59)67-42-45(70-49(60)40-38-36-34-32-30-27-16-14-12-10-8-6-4-2)43-68-56-55(66)53(64)51(62)47(72-56)44-69-57-54(65)52(63)50(61)46(41-58)71-57/h20-21,23-24,27,30,34,36,45-47,50-58,61-66H,3-19,22,25-26,28-29,31-33,35,37-44H2,1-2H3/b21-20+,24-23+,30-27+,36-34+/t45?,46-,47-,50+,51+,52?,53?,54?,55?,56-,57-/m1/s1. The molecule has 2 rings (SSSR count). The van der Waals surface area contributed by atoms with Gasteiger partial charge in [-0.25, -0.2) is 0 Å². The number of aliphatic hydroxyl groups is 7. The number of carbonyl (C=O) groups is 2. The summed E-state index contributed by atoms with van der Waals surface area (Å²) in [5, 5.41) is 72.1. The molecular weight excluding hydrogens is 925 g/mol. The number of aliphatic hydroxyl groups excluding tert-OH is 7. The van der Waals surface area contributed by atoms with Gasteiger partial charge in [-0.2, -0.15) is 0 Å².